The maximum atomic E-state index is 14.4. The van der Waals surface area contributed by atoms with Crippen molar-refractivity contribution in [1.82, 2.24) is 10.2 Å². The Morgan fingerprint density at radius 2 is 1.36 bits per heavy atom. The van der Waals surface area contributed by atoms with Crippen LogP contribution >= 0.6 is 11.6 Å². The fourth-order valence-corrected chi connectivity index (χ4v) is 6.41. The zero-order valence-electron chi connectivity index (χ0n) is 25.0. The van der Waals surface area contributed by atoms with E-state index in [2.05, 4.69) is 5.32 Å². The number of carbonyl (C=O) groups is 2. The van der Waals surface area contributed by atoms with E-state index in [9.17, 15) is 18.0 Å². The number of sulfonamides is 1. The van der Waals surface area contributed by atoms with Crippen molar-refractivity contribution in [2.45, 2.75) is 50.6 Å². The Labute approximate surface area is 265 Å². The van der Waals surface area contributed by atoms with E-state index in [4.69, 9.17) is 11.6 Å². The first-order chi connectivity index (χ1) is 21.2. The Kier molecular flexibility index (Phi) is 11.6. The van der Waals surface area contributed by atoms with E-state index in [1.807, 2.05) is 56.3 Å². The molecule has 4 aromatic rings. The minimum atomic E-state index is -4.13. The molecule has 4 aromatic carbocycles. The van der Waals surface area contributed by atoms with Crippen molar-refractivity contribution in [3.8, 4) is 0 Å². The van der Waals surface area contributed by atoms with Crippen LogP contribution < -0.4 is 9.62 Å². The Morgan fingerprint density at radius 3 is 1.95 bits per heavy atom. The van der Waals surface area contributed by atoms with Gasteiger partial charge in [-0.05, 0) is 65.9 Å². The number of rotatable bonds is 14. The Hall–Kier alpha value is -4.14. The molecule has 1 N–H and O–H groups in total. The average Bonchev–Trinajstić information content (AvgIpc) is 3.05. The van der Waals surface area contributed by atoms with Crippen molar-refractivity contribution in [1.29, 1.82) is 0 Å². The van der Waals surface area contributed by atoms with Gasteiger partial charge in [-0.15, -0.1) is 0 Å². The van der Waals surface area contributed by atoms with Crippen molar-refractivity contribution >= 4 is 39.1 Å². The van der Waals surface area contributed by atoms with E-state index in [0.717, 1.165) is 33.8 Å². The molecule has 230 valence electrons. The van der Waals surface area contributed by atoms with Gasteiger partial charge in [0, 0.05) is 24.5 Å². The molecule has 0 aliphatic carbocycles. The third-order valence-electron chi connectivity index (χ3n) is 7.33. The predicted octanol–water partition coefficient (Wildman–Crippen LogP) is 6.26. The van der Waals surface area contributed by atoms with Crippen LogP contribution in [0.3, 0.4) is 0 Å². The van der Waals surface area contributed by atoms with Crippen LogP contribution in [0, 0.1) is 0 Å². The van der Waals surface area contributed by atoms with Crippen molar-refractivity contribution in [3.05, 3.63) is 131 Å². The molecule has 0 aliphatic rings. The molecule has 0 fully saturated rings. The SMILES string of the molecule is CCCNC(=O)[C@@H](Cc1ccccc1)N(Cc1ccc(Cl)cc1)C(=O)CN(c1ccc(CC)cc1)S(=O)(=O)c1ccccc1. The topological polar surface area (TPSA) is 86.8 Å². The van der Waals surface area contributed by atoms with E-state index in [1.54, 1.807) is 54.6 Å². The molecule has 2 amide bonds. The fourth-order valence-electron chi connectivity index (χ4n) is 4.85. The molecular weight excluding hydrogens is 594 g/mol. The van der Waals surface area contributed by atoms with Crippen LogP contribution in [0.4, 0.5) is 5.69 Å². The average molecular weight is 632 g/mol. The minimum Gasteiger partial charge on any atom is -0.354 e. The molecule has 0 aliphatic heterocycles. The fraction of sp³-hybridized carbons (Fsp3) is 0.257. The summed E-state index contributed by atoms with van der Waals surface area (Å²) in [6, 6.07) is 30.8. The third-order valence-corrected chi connectivity index (χ3v) is 9.37. The van der Waals surface area contributed by atoms with Gasteiger partial charge in [-0.1, -0.05) is 98.2 Å². The van der Waals surface area contributed by atoms with Crippen LogP contribution in [0.25, 0.3) is 0 Å². The second-order valence-corrected chi connectivity index (χ2v) is 12.8. The Balaban J connectivity index is 1.78. The zero-order chi connectivity index (χ0) is 31.5. The number of carbonyl (C=O) groups excluding carboxylic acids is 2. The molecular formula is C35H38ClN3O4S. The van der Waals surface area contributed by atoms with E-state index in [0.29, 0.717) is 17.3 Å². The Bertz CT molecular complexity index is 1610. The lowest BCUT2D eigenvalue weighted by molar-refractivity contribution is -0.140. The van der Waals surface area contributed by atoms with Crippen molar-refractivity contribution < 1.29 is 18.0 Å². The van der Waals surface area contributed by atoms with Gasteiger partial charge in [0.15, 0.2) is 0 Å². The molecule has 44 heavy (non-hydrogen) atoms. The van der Waals surface area contributed by atoms with Gasteiger partial charge < -0.3 is 10.2 Å². The van der Waals surface area contributed by atoms with Crippen LogP contribution in [0.5, 0.6) is 0 Å². The van der Waals surface area contributed by atoms with Gasteiger partial charge in [-0.25, -0.2) is 8.42 Å². The largest absolute Gasteiger partial charge is 0.354 e. The highest BCUT2D eigenvalue weighted by molar-refractivity contribution is 7.92. The van der Waals surface area contributed by atoms with Crippen molar-refractivity contribution in [2.24, 2.45) is 0 Å². The quantitative estimate of drug-likeness (QED) is 0.178. The normalized spacial score (nSPS) is 11.9. The second-order valence-electron chi connectivity index (χ2n) is 10.5. The van der Waals surface area contributed by atoms with Crippen LogP contribution in [-0.2, 0) is 39.0 Å². The molecule has 0 bridgehead atoms. The van der Waals surface area contributed by atoms with Gasteiger partial charge >= 0.3 is 0 Å². The van der Waals surface area contributed by atoms with E-state index in [-0.39, 0.29) is 23.8 Å². The smallest absolute Gasteiger partial charge is 0.264 e. The predicted molar refractivity (Wildman–Crippen MR) is 176 cm³/mol. The highest BCUT2D eigenvalue weighted by Gasteiger charge is 2.34. The van der Waals surface area contributed by atoms with E-state index < -0.39 is 28.5 Å². The zero-order valence-corrected chi connectivity index (χ0v) is 26.6. The second kappa shape index (κ2) is 15.5. The third kappa shape index (κ3) is 8.49. The molecule has 4 rings (SSSR count). The number of nitrogens with one attached hydrogen (secondary N) is 1. The summed E-state index contributed by atoms with van der Waals surface area (Å²) in [5, 5.41) is 3.50. The van der Waals surface area contributed by atoms with Gasteiger partial charge in [-0.2, -0.15) is 0 Å². The summed E-state index contributed by atoms with van der Waals surface area (Å²) < 4.78 is 29.2. The molecule has 0 radical (unpaired) electrons. The number of benzene rings is 4. The lowest BCUT2D eigenvalue weighted by atomic mass is 10.0. The molecule has 1 atom stereocenters. The van der Waals surface area contributed by atoms with E-state index in [1.165, 1.54) is 17.0 Å². The van der Waals surface area contributed by atoms with Gasteiger partial charge in [-0.3, -0.25) is 13.9 Å². The number of anilines is 1. The summed E-state index contributed by atoms with van der Waals surface area (Å²) in [4.78, 5) is 29.7. The number of hydrogen-bond donors (Lipinski definition) is 1. The summed E-state index contributed by atoms with van der Waals surface area (Å²) in [6.07, 6.45) is 1.77. The maximum absolute atomic E-state index is 14.4. The monoisotopic (exact) mass is 631 g/mol. The molecule has 0 saturated carbocycles. The maximum Gasteiger partial charge on any atom is 0.264 e. The van der Waals surface area contributed by atoms with Gasteiger partial charge in [0.05, 0.1) is 10.6 Å². The first-order valence-electron chi connectivity index (χ1n) is 14.7. The Morgan fingerprint density at radius 1 is 0.773 bits per heavy atom. The number of nitrogens with zero attached hydrogens (tertiary/aromatic N) is 2. The highest BCUT2D eigenvalue weighted by atomic mass is 35.5. The molecule has 7 nitrogen and oxygen atoms in total. The molecule has 0 spiro atoms. The molecule has 0 saturated heterocycles. The van der Waals surface area contributed by atoms with Crippen molar-refractivity contribution in [3.63, 3.8) is 0 Å². The number of halogens is 1. The summed E-state index contributed by atoms with van der Waals surface area (Å²) in [5.74, 6) is -0.811. The lowest BCUT2D eigenvalue weighted by Gasteiger charge is -2.34. The molecule has 9 heteroatoms. The van der Waals surface area contributed by atoms with Crippen LogP contribution in [-0.4, -0.2) is 44.3 Å². The summed E-state index contributed by atoms with van der Waals surface area (Å²) in [7, 11) is -4.13. The van der Waals surface area contributed by atoms with Crippen LogP contribution in [0.2, 0.25) is 5.02 Å². The van der Waals surface area contributed by atoms with Gasteiger partial charge in [0.25, 0.3) is 10.0 Å². The number of hydrogen-bond acceptors (Lipinski definition) is 4. The highest BCUT2D eigenvalue weighted by Crippen LogP contribution is 2.26. The van der Waals surface area contributed by atoms with Gasteiger partial charge in [0.1, 0.15) is 12.6 Å². The van der Waals surface area contributed by atoms with Crippen LogP contribution in [0.15, 0.2) is 114 Å². The molecule has 0 aromatic heterocycles. The lowest BCUT2D eigenvalue weighted by Crippen LogP contribution is -2.53. The number of amides is 2. The van der Waals surface area contributed by atoms with E-state index >= 15 is 0 Å². The molecule has 0 unspecified atom stereocenters. The van der Waals surface area contributed by atoms with Gasteiger partial charge in [0.2, 0.25) is 11.8 Å². The number of aryl methyl sites for hydroxylation is 1. The first-order valence-corrected chi connectivity index (χ1v) is 16.6. The summed E-state index contributed by atoms with van der Waals surface area (Å²) in [5.41, 5.74) is 3.04. The minimum absolute atomic E-state index is 0.0677. The van der Waals surface area contributed by atoms with Crippen molar-refractivity contribution in [2.75, 3.05) is 17.4 Å². The summed E-state index contributed by atoms with van der Waals surface area (Å²) >= 11 is 6.14. The van der Waals surface area contributed by atoms with Crippen LogP contribution in [0.1, 0.15) is 37.0 Å². The summed E-state index contributed by atoms with van der Waals surface area (Å²) in [6.45, 7) is 4.01. The first kappa shape index (κ1) is 32.8. The molecule has 0 heterocycles. The standard InChI is InChI=1S/C35H38ClN3O4S/c1-3-23-37-35(41)33(24-28-11-7-5-8-12-28)38(25-29-15-19-30(36)20-16-29)34(40)26-39(31-21-17-27(4-2)18-22-31)44(42,43)32-13-9-6-10-14-32/h5-22,33H,3-4,23-26H2,1-2H3,(H,37,41)/t33-/m1/s1.